The first-order valence-corrected chi connectivity index (χ1v) is 9.33. The highest BCUT2D eigenvalue weighted by atomic mass is 35.5. The molecule has 2 fully saturated rings. The third-order valence-corrected chi connectivity index (χ3v) is 5.71. The van der Waals surface area contributed by atoms with Crippen LogP contribution < -0.4 is 10.9 Å². The van der Waals surface area contributed by atoms with Crippen LogP contribution in [0.5, 0.6) is 0 Å². The highest BCUT2D eigenvalue weighted by Gasteiger charge is 2.37. The number of nitro groups is 1. The SMILES string of the molecule is O=c1c(Cl)c(NC2CCCC3OCCC23)cnn1-c1ccc([N+](=O)[O-])cc1. The fraction of sp³-hybridized carbons (Fsp3) is 0.444. The van der Waals surface area contributed by atoms with Crippen LogP contribution in [-0.4, -0.2) is 33.5 Å². The fourth-order valence-corrected chi connectivity index (χ4v) is 4.17. The number of hydrogen-bond acceptors (Lipinski definition) is 6. The molecule has 3 unspecified atom stereocenters. The van der Waals surface area contributed by atoms with E-state index in [-0.39, 0.29) is 22.9 Å². The number of nitrogens with one attached hydrogen (secondary N) is 1. The van der Waals surface area contributed by atoms with Gasteiger partial charge in [-0.05, 0) is 37.8 Å². The smallest absolute Gasteiger partial charge is 0.292 e. The number of benzene rings is 1. The van der Waals surface area contributed by atoms with E-state index in [0.29, 0.717) is 17.3 Å². The molecule has 1 aromatic carbocycles. The van der Waals surface area contributed by atoms with Gasteiger partial charge in [0, 0.05) is 30.7 Å². The molecule has 2 heterocycles. The van der Waals surface area contributed by atoms with Gasteiger partial charge in [-0.25, -0.2) is 0 Å². The molecule has 1 saturated carbocycles. The summed E-state index contributed by atoms with van der Waals surface area (Å²) in [7, 11) is 0. The van der Waals surface area contributed by atoms with E-state index in [2.05, 4.69) is 10.4 Å². The minimum atomic E-state index is -0.496. The Bertz CT molecular complexity index is 915. The van der Waals surface area contributed by atoms with E-state index in [1.807, 2.05) is 0 Å². The first kappa shape index (κ1) is 17.9. The molecule has 9 heteroatoms. The van der Waals surface area contributed by atoms with Gasteiger partial charge in [0.25, 0.3) is 11.2 Å². The zero-order chi connectivity index (χ0) is 19.0. The van der Waals surface area contributed by atoms with Gasteiger partial charge in [0.2, 0.25) is 0 Å². The summed E-state index contributed by atoms with van der Waals surface area (Å²) in [6.07, 6.45) is 5.98. The van der Waals surface area contributed by atoms with Crippen molar-refractivity contribution < 1.29 is 9.66 Å². The van der Waals surface area contributed by atoms with E-state index in [0.717, 1.165) is 37.0 Å². The molecular formula is C18H19ClN4O4. The van der Waals surface area contributed by atoms with E-state index in [1.54, 1.807) is 0 Å². The monoisotopic (exact) mass is 390 g/mol. The second-order valence-electron chi connectivity index (χ2n) is 6.91. The molecule has 2 aliphatic rings. The van der Waals surface area contributed by atoms with Crippen LogP contribution >= 0.6 is 11.6 Å². The van der Waals surface area contributed by atoms with Crippen LogP contribution in [0, 0.1) is 16.0 Å². The van der Waals surface area contributed by atoms with Crippen LogP contribution in [0.25, 0.3) is 5.69 Å². The van der Waals surface area contributed by atoms with Crippen molar-refractivity contribution in [1.82, 2.24) is 9.78 Å². The first-order chi connectivity index (χ1) is 13.0. The molecular weight excluding hydrogens is 372 g/mol. The van der Waals surface area contributed by atoms with Gasteiger partial charge in [-0.15, -0.1) is 0 Å². The molecule has 2 aromatic rings. The van der Waals surface area contributed by atoms with E-state index in [4.69, 9.17) is 16.3 Å². The summed E-state index contributed by atoms with van der Waals surface area (Å²) in [5.74, 6) is 0.423. The summed E-state index contributed by atoms with van der Waals surface area (Å²) in [6.45, 7) is 0.779. The highest BCUT2D eigenvalue weighted by molar-refractivity contribution is 6.33. The van der Waals surface area contributed by atoms with Crippen molar-refractivity contribution in [2.24, 2.45) is 5.92 Å². The minimum absolute atomic E-state index is 0.0539. The zero-order valence-corrected chi connectivity index (χ0v) is 15.3. The Balaban J connectivity index is 1.58. The van der Waals surface area contributed by atoms with Crippen molar-refractivity contribution in [1.29, 1.82) is 0 Å². The molecule has 1 aliphatic carbocycles. The lowest BCUT2D eigenvalue weighted by atomic mass is 9.82. The average Bonchev–Trinajstić information content (AvgIpc) is 3.15. The largest absolute Gasteiger partial charge is 0.379 e. The lowest BCUT2D eigenvalue weighted by molar-refractivity contribution is -0.384. The second-order valence-corrected chi connectivity index (χ2v) is 7.28. The van der Waals surface area contributed by atoms with Crippen molar-refractivity contribution in [2.45, 2.75) is 37.8 Å². The summed E-state index contributed by atoms with van der Waals surface area (Å²) in [4.78, 5) is 22.9. The van der Waals surface area contributed by atoms with E-state index in [1.165, 1.54) is 30.5 Å². The first-order valence-electron chi connectivity index (χ1n) is 8.95. The summed E-state index contributed by atoms with van der Waals surface area (Å²) in [5.41, 5.74) is 0.408. The molecule has 0 bridgehead atoms. The van der Waals surface area contributed by atoms with Crippen molar-refractivity contribution in [3.8, 4) is 5.69 Å². The Morgan fingerprint density at radius 1 is 1.26 bits per heavy atom. The van der Waals surface area contributed by atoms with Crippen LogP contribution in [0.4, 0.5) is 11.4 Å². The van der Waals surface area contributed by atoms with Gasteiger partial charge >= 0.3 is 0 Å². The third kappa shape index (κ3) is 3.42. The molecule has 0 spiro atoms. The van der Waals surface area contributed by atoms with Crippen molar-refractivity contribution in [3.63, 3.8) is 0 Å². The Morgan fingerprint density at radius 2 is 2.04 bits per heavy atom. The number of rotatable bonds is 4. The van der Waals surface area contributed by atoms with Gasteiger partial charge in [0.1, 0.15) is 5.02 Å². The van der Waals surface area contributed by atoms with Gasteiger partial charge in [-0.1, -0.05) is 11.6 Å². The van der Waals surface area contributed by atoms with Gasteiger partial charge in [0.15, 0.2) is 0 Å². The highest BCUT2D eigenvalue weighted by Crippen LogP contribution is 2.36. The lowest BCUT2D eigenvalue weighted by Gasteiger charge is -2.33. The molecule has 142 valence electrons. The molecule has 1 aliphatic heterocycles. The van der Waals surface area contributed by atoms with Crippen molar-refractivity contribution in [3.05, 3.63) is 56.0 Å². The van der Waals surface area contributed by atoms with Gasteiger partial charge in [-0.2, -0.15) is 9.78 Å². The third-order valence-electron chi connectivity index (χ3n) is 5.35. The average molecular weight is 391 g/mol. The van der Waals surface area contributed by atoms with Crippen LogP contribution in [0.15, 0.2) is 35.3 Å². The summed E-state index contributed by atoms with van der Waals surface area (Å²) in [5, 5.41) is 18.4. The number of nitrogens with zero attached hydrogens (tertiary/aromatic N) is 3. The quantitative estimate of drug-likeness (QED) is 0.635. The number of non-ortho nitro benzene ring substituents is 1. The molecule has 8 nitrogen and oxygen atoms in total. The van der Waals surface area contributed by atoms with E-state index >= 15 is 0 Å². The predicted molar refractivity (Wildman–Crippen MR) is 101 cm³/mol. The standard InChI is InChI=1S/C18H19ClN4O4/c19-17-15(21-14-2-1-3-16-13(14)8-9-27-16)10-20-22(18(17)24)11-4-6-12(7-5-11)23(25)26/h4-7,10,13-14,16,21H,1-3,8-9H2. The Morgan fingerprint density at radius 3 is 2.78 bits per heavy atom. The summed E-state index contributed by atoms with van der Waals surface area (Å²) < 4.78 is 6.92. The normalized spacial score (nSPS) is 24.4. The molecule has 27 heavy (non-hydrogen) atoms. The Hall–Kier alpha value is -2.45. The van der Waals surface area contributed by atoms with E-state index in [9.17, 15) is 14.9 Å². The van der Waals surface area contributed by atoms with Gasteiger partial charge in [-0.3, -0.25) is 14.9 Å². The predicted octanol–water partition coefficient (Wildman–Crippen LogP) is 3.16. The molecule has 0 radical (unpaired) electrons. The number of anilines is 1. The summed E-state index contributed by atoms with van der Waals surface area (Å²) >= 11 is 6.32. The number of nitro benzene ring substituents is 1. The van der Waals surface area contributed by atoms with Crippen molar-refractivity contribution >= 4 is 23.0 Å². The molecule has 1 aromatic heterocycles. The number of fused-ring (bicyclic) bond motifs is 1. The van der Waals surface area contributed by atoms with Crippen molar-refractivity contribution in [2.75, 3.05) is 11.9 Å². The van der Waals surface area contributed by atoms with Crippen LogP contribution in [-0.2, 0) is 4.74 Å². The van der Waals surface area contributed by atoms with Crippen LogP contribution in [0.3, 0.4) is 0 Å². The molecule has 1 saturated heterocycles. The topological polar surface area (TPSA) is 99.3 Å². The Kier molecular flexibility index (Phi) is 4.84. The number of halogens is 1. The maximum Gasteiger partial charge on any atom is 0.292 e. The summed E-state index contributed by atoms with van der Waals surface area (Å²) in [6, 6.07) is 5.80. The molecule has 0 amide bonds. The maximum atomic E-state index is 12.6. The number of hydrogen-bond donors (Lipinski definition) is 1. The van der Waals surface area contributed by atoms with Crippen LogP contribution in [0.1, 0.15) is 25.7 Å². The lowest BCUT2D eigenvalue weighted by Crippen LogP contribution is -2.38. The number of ether oxygens (including phenoxy) is 1. The second kappa shape index (κ2) is 7.28. The Labute approximate surface area is 160 Å². The van der Waals surface area contributed by atoms with E-state index < -0.39 is 10.5 Å². The van der Waals surface area contributed by atoms with Gasteiger partial charge < -0.3 is 10.1 Å². The zero-order valence-electron chi connectivity index (χ0n) is 14.5. The maximum absolute atomic E-state index is 12.6. The molecule has 4 rings (SSSR count). The number of aromatic nitrogens is 2. The van der Waals surface area contributed by atoms with Crippen LogP contribution in [0.2, 0.25) is 5.02 Å². The fourth-order valence-electron chi connectivity index (χ4n) is 3.99. The van der Waals surface area contributed by atoms with Gasteiger partial charge in [0.05, 0.1) is 28.6 Å². The molecule has 3 atom stereocenters. The molecule has 1 N–H and O–H groups in total. The minimum Gasteiger partial charge on any atom is -0.379 e.